The van der Waals surface area contributed by atoms with Crippen molar-refractivity contribution in [3.05, 3.63) is 0 Å². The third-order valence-corrected chi connectivity index (χ3v) is 1.80. The molecule has 0 bridgehead atoms. The average molecular weight is 168 g/mol. The van der Waals surface area contributed by atoms with Crippen molar-refractivity contribution in [3.63, 3.8) is 0 Å². The fraction of sp³-hybridized carbons (Fsp3) is 0.778. The lowest BCUT2D eigenvalue weighted by Crippen LogP contribution is -2.44. The second-order valence-electron chi connectivity index (χ2n) is 4.33. The Hall–Kier alpha value is -0.860. The zero-order valence-corrected chi connectivity index (χ0v) is 8.14. The smallest absolute Gasteiger partial charge is 0.227 e. The Morgan fingerprint density at radius 1 is 1.50 bits per heavy atom. The predicted octanol–water partition coefficient (Wildman–Crippen LogP) is 1.34. The lowest BCUT2D eigenvalue weighted by atomic mass is 9.93. The fourth-order valence-corrected chi connectivity index (χ4v) is 1.13. The minimum atomic E-state index is -0.0513. The summed E-state index contributed by atoms with van der Waals surface area (Å²) in [4.78, 5) is 15.5. The van der Waals surface area contributed by atoms with Crippen molar-refractivity contribution >= 4 is 11.7 Å². The summed E-state index contributed by atoms with van der Waals surface area (Å²) in [6.07, 6.45) is 0.513. The van der Waals surface area contributed by atoms with E-state index in [1.807, 2.05) is 27.7 Å². The van der Waals surface area contributed by atoms with Gasteiger partial charge in [0.05, 0.1) is 6.04 Å². The first-order chi connectivity index (χ1) is 5.39. The van der Waals surface area contributed by atoms with Gasteiger partial charge in [-0.15, -0.1) is 0 Å². The van der Waals surface area contributed by atoms with Gasteiger partial charge in [-0.25, -0.2) is 0 Å². The molecule has 0 aliphatic carbocycles. The normalized spacial score (nSPS) is 24.8. The third kappa shape index (κ3) is 2.06. The quantitative estimate of drug-likeness (QED) is 0.582. The molecule has 0 spiro atoms. The Morgan fingerprint density at radius 3 is 2.50 bits per heavy atom. The molecule has 3 nitrogen and oxygen atoms in total. The summed E-state index contributed by atoms with van der Waals surface area (Å²) < 4.78 is 0. The third-order valence-electron chi connectivity index (χ3n) is 1.80. The van der Waals surface area contributed by atoms with Gasteiger partial charge < -0.3 is 5.32 Å². The van der Waals surface area contributed by atoms with Crippen LogP contribution in [-0.4, -0.2) is 17.8 Å². The van der Waals surface area contributed by atoms with Gasteiger partial charge in [0, 0.05) is 11.8 Å². The molecule has 1 aliphatic rings. The Morgan fingerprint density at radius 2 is 2.08 bits per heavy atom. The number of carbonyl (C=O) groups excluding carboxylic acids is 1. The van der Waals surface area contributed by atoms with E-state index < -0.39 is 0 Å². The summed E-state index contributed by atoms with van der Waals surface area (Å²) in [6, 6.07) is 0.132. The molecule has 3 heteroatoms. The molecule has 12 heavy (non-hydrogen) atoms. The highest BCUT2D eigenvalue weighted by Gasteiger charge is 2.25. The van der Waals surface area contributed by atoms with Crippen molar-refractivity contribution in [2.24, 2.45) is 10.4 Å². The molecule has 68 valence electrons. The molecule has 0 saturated carbocycles. The Kier molecular flexibility index (Phi) is 2.22. The van der Waals surface area contributed by atoms with E-state index in [4.69, 9.17) is 0 Å². The van der Waals surface area contributed by atoms with Crippen LogP contribution in [-0.2, 0) is 4.79 Å². The van der Waals surface area contributed by atoms with E-state index in [1.54, 1.807) is 0 Å². The molecule has 1 N–H and O–H groups in total. The second kappa shape index (κ2) is 2.88. The Bertz CT molecular complexity index is 225. The minimum Gasteiger partial charge on any atom is -0.314 e. The zero-order valence-electron chi connectivity index (χ0n) is 8.14. The van der Waals surface area contributed by atoms with Crippen LogP contribution >= 0.6 is 0 Å². The van der Waals surface area contributed by atoms with Crippen molar-refractivity contribution in [2.45, 2.75) is 40.2 Å². The predicted molar refractivity (Wildman–Crippen MR) is 49.1 cm³/mol. The van der Waals surface area contributed by atoms with Gasteiger partial charge in [0.25, 0.3) is 0 Å². The van der Waals surface area contributed by atoms with Gasteiger partial charge in [-0.05, 0) is 6.92 Å². The van der Waals surface area contributed by atoms with Crippen LogP contribution < -0.4 is 5.32 Å². The molecule has 1 unspecified atom stereocenters. The molecular weight excluding hydrogens is 152 g/mol. The number of amides is 1. The number of nitrogens with one attached hydrogen (secondary N) is 1. The molecular formula is C9H16N2O. The van der Waals surface area contributed by atoms with Crippen molar-refractivity contribution in [2.75, 3.05) is 0 Å². The van der Waals surface area contributed by atoms with Crippen molar-refractivity contribution in [1.29, 1.82) is 0 Å². The van der Waals surface area contributed by atoms with Crippen molar-refractivity contribution in [1.82, 2.24) is 5.32 Å². The van der Waals surface area contributed by atoms with E-state index in [0.717, 1.165) is 5.84 Å². The maximum atomic E-state index is 11.1. The molecule has 0 aromatic carbocycles. The van der Waals surface area contributed by atoms with Crippen molar-refractivity contribution in [3.8, 4) is 0 Å². The average Bonchev–Trinajstić information content (AvgIpc) is 1.82. The van der Waals surface area contributed by atoms with Gasteiger partial charge in [-0.2, -0.15) is 0 Å². The van der Waals surface area contributed by atoms with Gasteiger partial charge >= 0.3 is 0 Å². The van der Waals surface area contributed by atoms with Gasteiger partial charge in [0.15, 0.2) is 0 Å². The first-order valence-electron chi connectivity index (χ1n) is 4.28. The van der Waals surface area contributed by atoms with Crippen LogP contribution in [0.15, 0.2) is 4.99 Å². The molecule has 1 atom stereocenters. The fourth-order valence-electron chi connectivity index (χ4n) is 1.13. The molecule has 1 rings (SSSR count). The highest BCUT2D eigenvalue weighted by Crippen LogP contribution is 2.18. The maximum Gasteiger partial charge on any atom is 0.227 e. The highest BCUT2D eigenvalue weighted by molar-refractivity contribution is 6.02. The number of amidine groups is 1. The van der Waals surface area contributed by atoms with Gasteiger partial charge in [0.1, 0.15) is 5.84 Å². The van der Waals surface area contributed by atoms with Crippen LogP contribution in [0.1, 0.15) is 34.1 Å². The summed E-state index contributed by atoms with van der Waals surface area (Å²) in [6.45, 7) is 8.10. The molecule has 1 amide bonds. The molecule has 1 aliphatic heterocycles. The van der Waals surface area contributed by atoms with E-state index in [0.29, 0.717) is 6.42 Å². The molecule has 1 heterocycles. The number of hydrogen-bond donors (Lipinski definition) is 1. The summed E-state index contributed by atoms with van der Waals surface area (Å²) in [5.74, 6) is 0.897. The van der Waals surface area contributed by atoms with Gasteiger partial charge in [0.2, 0.25) is 5.91 Å². The first-order valence-corrected chi connectivity index (χ1v) is 4.28. The maximum absolute atomic E-state index is 11.1. The Labute approximate surface area is 73.3 Å². The zero-order chi connectivity index (χ0) is 9.35. The number of carbonyl (C=O) groups is 1. The molecule has 0 saturated heterocycles. The summed E-state index contributed by atoms with van der Waals surface area (Å²) in [5, 5.41) is 2.80. The van der Waals surface area contributed by atoms with E-state index in [1.165, 1.54) is 0 Å². The van der Waals surface area contributed by atoms with Crippen LogP contribution in [0, 0.1) is 5.41 Å². The molecule has 0 aromatic heterocycles. The lowest BCUT2D eigenvalue weighted by Gasteiger charge is -2.27. The second-order valence-corrected chi connectivity index (χ2v) is 4.33. The summed E-state index contributed by atoms with van der Waals surface area (Å²) in [5.41, 5.74) is -0.0513. The number of aliphatic imine (C=N–C) groups is 1. The topological polar surface area (TPSA) is 41.5 Å². The van der Waals surface area contributed by atoms with E-state index in [2.05, 4.69) is 10.3 Å². The lowest BCUT2D eigenvalue weighted by molar-refractivity contribution is -0.120. The van der Waals surface area contributed by atoms with Crippen LogP contribution in [0.3, 0.4) is 0 Å². The summed E-state index contributed by atoms with van der Waals surface area (Å²) >= 11 is 0. The van der Waals surface area contributed by atoms with Crippen LogP contribution in [0.4, 0.5) is 0 Å². The largest absolute Gasteiger partial charge is 0.314 e. The number of rotatable bonds is 0. The monoisotopic (exact) mass is 168 g/mol. The van der Waals surface area contributed by atoms with Crippen molar-refractivity contribution < 1.29 is 4.79 Å². The minimum absolute atomic E-state index is 0.0513. The molecule has 0 radical (unpaired) electrons. The van der Waals surface area contributed by atoms with Gasteiger partial charge in [-0.3, -0.25) is 9.79 Å². The van der Waals surface area contributed by atoms with Crippen LogP contribution in [0.2, 0.25) is 0 Å². The summed E-state index contributed by atoms with van der Waals surface area (Å²) in [7, 11) is 0. The SMILES string of the molecule is CC1CC(=O)NC(C(C)(C)C)=N1. The van der Waals surface area contributed by atoms with E-state index >= 15 is 0 Å². The van der Waals surface area contributed by atoms with E-state index in [-0.39, 0.29) is 17.4 Å². The molecule has 0 fully saturated rings. The van der Waals surface area contributed by atoms with Gasteiger partial charge in [-0.1, -0.05) is 20.8 Å². The van der Waals surface area contributed by atoms with Crippen LogP contribution in [0.25, 0.3) is 0 Å². The Balaban J connectivity index is 2.84. The highest BCUT2D eigenvalue weighted by atomic mass is 16.1. The number of hydrogen-bond acceptors (Lipinski definition) is 2. The first kappa shape index (κ1) is 9.23. The van der Waals surface area contributed by atoms with Crippen LogP contribution in [0.5, 0.6) is 0 Å². The van der Waals surface area contributed by atoms with E-state index in [9.17, 15) is 4.79 Å². The standard InChI is InChI=1S/C9H16N2O/c1-6-5-7(12)11-8(10-6)9(2,3)4/h6H,5H2,1-4H3,(H,10,11,12). The molecule has 0 aromatic rings. The number of nitrogens with zero attached hydrogens (tertiary/aromatic N) is 1.